The minimum absolute atomic E-state index is 0.254. The Bertz CT molecular complexity index is 361. The first-order chi connectivity index (χ1) is 9.19. The third-order valence-electron chi connectivity index (χ3n) is 3.37. The molecule has 1 rings (SSSR count). The van der Waals surface area contributed by atoms with E-state index in [4.69, 9.17) is 4.74 Å². The lowest BCUT2D eigenvalue weighted by Gasteiger charge is -2.29. The maximum Gasteiger partial charge on any atom is 0.225 e. The van der Waals surface area contributed by atoms with Crippen molar-refractivity contribution >= 4 is 17.7 Å². The van der Waals surface area contributed by atoms with Crippen LogP contribution in [0.2, 0.25) is 0 Å². The molecule has 1 aromatic heterocycles. The minimum Gasteiger partial charge on any atom is -0.478 e. The molecule has 0 bridgehead atoms. The third-order valence-corrected chi connectivity index (χ3v) is 4.96. The van der Waals surface area contributed by atoms with Crippen molar-refractivity contribution in [3.8, 4) is 5.88 Å². The molecule has 108 valence electrons. The van der Waals surface area contributed by atoms with E-state index in [1.165, 1.54) is 0 Å². The quantitative estimate of drug-likeness (QED) is 0.750. The van der Waals surface area contributed by atoms with Crippen molar-refractivity contribution < 1.29 is 4.74 Å². The second kappa shape index (κ2) is 8.25. The highest BCUT2D eigenvalue weighted by molar-refractivity contribution is 8.00. The Morgan fingerprint density at radius 2 is 2.05 bits per heavy atom. The van der Waals surface area contributed by atoms with Gasteiger partial charge in [-0.15, -0.1) is 0 Å². The van der Waals surface area contributed by atoms with Crippen LogP contribution in [0.3, 0.4) is 0 Å². The van der Waals surface area contributed by atoms with Gasteiger partial charge in [-0.3, -0.25) is 0 Å². The van der Waals surface area contributed by atoms with Gasteiger partial charge in [0.15, 0.2) is 0 Å². The van der Waals surface area contributed by atoms with Gasteiger partial charge in [0.1, 0.15) is 0 Å². The molecule has 0 radical (unpaired) electrons. The van der Waals surface area contributed by atoms with Gasteiger partial charge in [-0.25, -0.2) is 4.98 Å². The van der Waals surface area contributed by atoms with Crippen LogP contribution in [-0.4, -0.2) is 34.1 Å². The van der Waals surface area contributed by atoms with Crippen LogP contribution in [0.25, 0.3) is 0 Å². The molecular weight excluding hydrogens is 258 g/mol. The molecule has 4 nitrogen and oxygen atoms in total. The zero-order valence-corrected chi connectivity index (χ0v) is 13.2. The Labute approximate surface area is 120 Å². The molecule has 0 atom stereocenters. The van der Waals surface area contributed by atoms with E-state index in [0.29, 0.717) is 18.4 Å². The van der Waals surface area contributed by atoms with E-state index in [0.717, 1.165) is 25.8 Å². The van der Waals surface area contributed by atoms with Gasteiger partial charge >= 0.3 is 0 Å². The molecule has 19 heavy (non-hydrogen) atoms. The van der Waals surface area contributed by atoms with Gasteiger partial charge in [0, 0.05) is 23.6 Å². The highest BCUT2D eigenvalue weighted by Crippen LogP contribution is 2.30. The number of thioether (sulfide) groups is 1. The summed E-state index contributed by atoms with van der Waals surface area (Å²) in [7, 11) is 0. The monoisotopic (exact) mass is 283 g/mol. The zero-order valence-electron chi connectivity index (χ0n) is 12.4. The van der Waals surface area contributed by atoms with Crippen LogP contribution in [-0.2, 0) is 0 Å². The Hall–Kier alpha value is -0.970. The number of anilines is 1. The summed E-state index contributed by atoms with van der Waals surface area (Å²) in [6, 6.07) is 1.79. The summed E-state index contributed by atoms with van der Waals surface area (Å²) in [6.07, 6.45) is 7.14. The van der Waals surface area contributed by atoms with E-state index in [2.05, 4.69) is 42.3 Å². The largest absolute Gasteiger partial charge is 0.478 e. The van der Waals surface area contributed by atoms with Gasteiger partial charge in [0.05, 0.1) is 6.61 Å². The highest BCUT2D eigenvalue weighted by Gasteiger charge is 2.24. The normalized spacial score (nSPS) is 11.4. The summed E-state index contributed by atoms with van der Waals surface area (Å²) in [6.45, 7) is 8.09. The predicted molar refractivity (Wildman–Crippen MR) is 83.1 cm³/mol. The number of nitrogens with zero attached hydrogens (tertiary/aromatic N) is 2. The lowest BCUT2D eigenvalue weighted by molar-refractivity contribution is 0.305. The van der Waals surface area contributed by atoms with Crippen molar-refractivity contribution in [1.29, 1.82) is 0 Å². The molecule has 0 amide bonds. The van der Waals surface area contributed by atoms with Gasteiger partial charge in [-0.05, 0) is 25.5 Å². The van der Waals surface area contributed by atoms with E-state index >= 15 is 0 Å². The Kier molecular flexibility index (Phi) is 6.99. The smallest absolute Gasteiger partial charge is 0.225 e. The van der Waals surface area contributed by atoms with Crippen LogP contribution < -0.4 is 10.1 Å². The SMILES string of the molecule is CCCOc1ccnc(NCC(CC)(CC)SC)n1. The fraction of sp³-hybridized carbons (Fsp3) is 0.714. The molecule has 0 spiro atoms. The molecule has 0 fully saturated rings. The van der Waals surface area contributed by atoms with Crippen LogP contribution in [0.15, 0.2) is 12.3 Å². The van der Waals surface area contributed by atoms with Gasteiger partial charge in [-0.1, -0.05) is 20.8 Å². The van der Waals surface area contributed by atoms with Gasteiger partial charge in [0.25, 0.3) is 0 Å². The number of ether oxygens (including phenoxy) is 1. The Balaban J connectivity index is 2.61. The van der Waals surface area contributed by atoms with Gasteiger partial charge in [0.2, 0.25) is 11.8 Å². The molecule has 1 aromatic rings. The fourth-order valence-corrected chi connectivity index (χ4v) is 2.61. The lowest BCUT2D eigenvalue weighted by Crippen LogP contribution is -2.32. The summed E-state index contributed by atoms with van der Waals surface area (Å²) < 4.78 is 5.76. The van der Waals surface area contributed by atoms with Gasteiger partial charge < -0.3 is 10.1 Å². The summed E-state index contributed by atoms with van der Waals surface area (Å²) in [5.74, 6) is 1.29. The predicted octanol–water partition coefficient (Wildman–Crippen LogP) is 3.60. The van der Waals surface area contributed by atoms with Crippen LogP contribution in [0, 0.1) is 0 Å². The molecule has 0 aliphatic rings. The first-order valence-electron chi connectivity index (χ1n) is 6.94. The summed E-state index contributed by atoms with van der Waals surface area (Å²) >= 11 is 1.91. The molecule has 0 aliphatic carbocycles. The van der Waals surface area contributed by atoms with Crippen molar-refractivity contribution in [1.82, 2.24) is 9.97 Å². The molecule has 0 unspecified atom stereocenters. The minimum atomic E-state index is 0.254. The molecule has 0 saturated heterocycles. The first kappa shape index (κ1) is 16.1. The van der Waals surface area contributed by atoms with Crippen LogP contribution in [0.4, 0.5) is 5.95 Å². The van der Waals surface area contributed by atoms with Crippen molar-refractivity contribution in [2.45, 2.75) is 44.8 Å². The fourth-order valence-electron chi connectivity index (χ4n) is 1.82. The van der Waals surface area contributed by atoms with Crippen molar-refractivity contribution in [2.24, 2.45) is 0 Å². The molecule has 1 N–H and O–H groups in total. The molecular formula is C14H25N3OS. The molecule has 1 heterocycles. The Morgan fingerprint density at radius 3 is 2.63 bits per heavy atom. The molecule has 5 heteroatoms. The average Bonchev–Trinajstić information content (AvgIpc) is 2.47. The van der Waals surface area contributed by atoms with E-state index < -0.39 is 0 Å². The van der Waals surface area contributed by atoms with Crippen LogP contribution in [0.1, 0.15) is 40.0 Å². The van der Waals surface area contributed by atoms with Crippen molar-refractivity contribution in [3.63, 3.8) is 0 Å². The second-order valence-electron chi connectivity index (χ2n) is 4.51. The molecule has 0 aromatic carbocycles. The molecule has 0 saturated carbocycles. The Morgan fingerprint density at radius 1 is 1.32 bits per heavy atom. The van der Waals surface area contributed by atoms with E-state index in [-0.39, 0.29) is 4.75 Å². The summed E-state index contributed by atoms with van der Waals surface area (Å²) in [4.78, 5) is 8.60. The van der Waals surface area contributed by atoms with Crippen LogP contribution in [0.5, 0.6) is 5.88 Å². The maximum atomic E-state index is 5.51. The average molecular weight is 283 g/mol. The lowest BCUT2D eigenvalue weighted by atomic mass is 10.0. The summed E-state index contributed by atoms with van der Waals surface area (Å²) in [5.41, 5.74) is 0. The topological polar surface area (TPSA) is 47.0 Å². The first-order valence-corrected chi connectivity index (χ1v) is 8.17. The highest BCUT2D eigenvalue weighted by atomic mass is 32.2. The van der Waals surface area contributed by atoms with E-state index in [1.54, 1.807) is 12.3 Å². The second-order valence-corrected chi connectivity index (χ2v) is 5.79. The van der Waals surface area contributed by atoms with Crippen LogP contribution >= 0.6 is 11.8 Å². The molecule has 0 aliphatic heterocycles. The standard InChI is InChI=1S/C14H25N3OS/c1-5-10-18-12-8-9-15-13(17-12)16-11-14(6-2,7-3)19-4/h8-9H,5-7,10-11H2,1-4H3,(H,15,16,17). The number of nitrogens with one attached hydrogen (secondary N) is 1. The van der Waals surface area contributed by atoms with E-state index in [1.807, 2.05) is 11.8 Å². The number of rotatable bonds is 9. The van der Waals surface area contributed by atoms with E-state index in [9.17, 15) is 0 Å². The number of aromatic nitrogens is 2. The maximum absolute atomic E-state index is 5.51. The number of hydrogen-bond acceptors (Lipinski definition) is 5. The third kappa shape index (κ3) is 4.90. The zero-order chi connectivity index (χ0) is 14.1. The van der Waals surface area contributed by atoms with Crippen molar-refractivity contribution in [2.75, 3.05) is 24.7 Å². The van der Waals surface area contributed by atoms with Crippen molar-refractivity contribution in [3.05, 3.63) is 12.3 Å². The number of hydrogen-bond donors (Lipinski definition) is 1. The summed E-state index contributed by atoms with van der Waals surface area (Å²) in [5, 5.41) is 3.33. The van der Waals surface area contributed by atoms with Gasteiger partial charge in [-0.2, -0.15) is 16.7 Å².